The van der Waals surface area contributed by atoms with Crippen molar-refractivity contribution in [3.63, 3.8) is 0 Å². The van der Waals surface area contributed by atoms with Gasteiger partial charge >= 0.3 is 17.9 Å². The Morgan fingerprint density at radius 3 is 1.68 bits per heavy atom. The number of carboxylic acid groups (broad SMARTS) is 1. The smallest absolute Gasteiger partial charge is 0.504 e. The number of phenols is 6. The molecule has 91 heavy (non-hydrogen) atoms. The molecule has 20 atom stereocenters. The topological polar surface area (TPSA) is 562 Å². The molecule has 6 aliphatic rings. The number of carbonyl (C=O) groups excluding carboxylic acids is 2. The lowest BCUT2D eigenvalue weighted by molar-refractivity contribution is -0.358. The molecule has 5 aliphatic heterocycles. The number of esters is 2. The first-order chi connectivity index (χ1) is 43.2. The van der Waals surface area contributed by atoms with Crippen LogP contribution in [0.3, 0.4) is 0 Å². The van der Waals surface area contributed by atoms with Gasteiger partial charge in [-0.25, -0.2) is 9.59 Å². The summed E-state index contributed by atoms with van der Waals surface area (Å²) in [6.07, 6.45) is -37.2. The Kier molecular flexibility index (Phi) is 20.5. The van der Waals surface area contributed by atoms with Crippen LogP contribution in [-0.2, 0) is 42.7 Å². The van der Waals surface area contributed by atoms with Gasteiger partial charge in [0.05, 0.1) is 24.9 Å². The largest absolute Gasteiger partial charge is 0.510 e. The van der Waals surface area contributed by atoms with Crippen molar-refractivity contribution in [1.29, 1.82) is 0 Å². The number of carbonyl (C=O) groups is 2. The average Bonchev–Trinajstić information content (AvgIpc) is 1.52. The van der Waals surface area contributed by atoms with Crippen molar-refractivity contribution in [3.05, 3.63) is 100 Å². The van der Waals surface area contributed by atoms with Gasteiger partial charge in [0.2, 0.25) is 31.2 Å². The van der Waals surface area contributed by atoms with Crippen molar-refractivity contribution in [3.8, 4) is 74.4 Å². The van der Waals surface area contributed by atoms with Gasteiger partial charge in [-0.3, -0.25) is 4.79 Å². The molecular formula is C57H61O34+. The zero-order chi connectivity index (χ0) is 66.0. The Balaban J connectivity index is 1.07. The third-order valence-corrected chi connectivity index (χ3v) is 14.7. The van der Waals surface area contributed by atoms with E-state index in [1.54, 1.807) is 0 Å². The quantitative estimate of drug-likeness (QED) is 0.0161. The second kappa shape index (κ2) is 27.9. The zero-order valence-electron chi connectivity index (χ0n) is 46.5. The molecule has 1 aliphatic carbocycles. The van der Waals surface area contributed by atoms with Gasteiger partial charge in [0.15, 0.2) is 82.1 Å². The van der Waals surface area contributed by atoms with Crippen molar-refractivity contribution < 1.29 is 163 Å². The van der Waals surface area contributed by atoms with Gasteiger partial charge in [-0.1, -0.05) is 12.1 Å². The number of hydrogen-bond donors (Lipinski definition) is 19. The first kappa shape index (κ1) is 66.9. The number of fused-ring (bicyclic) bond motifs is 1. The average molecular weight is 1290 g/mol. The maximum absolute atomic E-state index is 14.2. The third-order valence-electron chi connectivity index (χ3n) is 14.7. The Morgan fingerprint density at radius 1 is 0.527 bits per heavy atom. The molecule has 0 saturated carbocycles. The molecule has 34 nitrogen and oxygen atoms in total. The molecule has 20 N–H and O–H groups in total. The van der Waals surface area contributed by atoms with Gasteiger partial charge < -0.3 is 154 Å². The van der Waals surface area contributed by atoms with Crippen molar-refractivity contribution >= 4 is 30.1 Å². The number of benzene rings is 4. The zero-order valence-corrected chi connectivity index (χ0v) is 46.5. The first-order valence-electron chi connectivity index (χ1n) is 27.2. The molecule has 0 spiro atoms. The summed E-state index contributed by atoms with van der Waals surface area (Å²) in [5, 5.41) is 201. The molecule has 0 radical (unpaired) electrons. The summed E-state index contributed by atoms with van der Waals surface area (Å²) in [6, 6.07) is 11.5. The highest BCUT2D eigenvalue weighted by Gasteiger charge is 2.54. The minimum absolute atomic E-state index is 0.152. The van der Waals surface area contributed by atoms with Crippen LogP contribution in [0, 0.1) is 0 Å². The number of aliphatic hydroxyl groups excluding tert-OH is 12. The molecule has 492 valence electrons. The first-order valence-corrected chi connectivity index (χ1v) is 27.2. The summed E-state index contributed by atoms with van der Waals surface area (Å²) in [5.74, 6) is -11.4. The van der Waals surface area contributed by atoms with E-state index in [9.17, 15) is 116 Å². The van der Waals surface area contributed by atoms with Gasteiger partial charge in [-0.05, 0) is 65.7 Å². The van der Waals surface area contributed by atoms with Crippen LogP contribution < -0.4 is 19.6 Å². The summed E-state index contributed by atoms with van der Waals surface area (Å²) in [4.78, 5) is 49.9. The summed E-state index contributed by atoms with van der Waals surface area (Å²) in [7, 11) is 0. The van der Waals surface area contributed by atoms with E-state index in [0.717, 1.165) is 66.8 Å². The predicted octanol–water partition coefficient (Wildman–Crippen LogP) is -4.40. The highest BCUT2D eigenvalue weighted by Crippen LogP contribution is 2.46. The van der Waals surface area contributed by atoms with E-state index in [1.807, 2.05) is 0 Å². The molecule has 0 unspecified atom stereocenters. The van der Waals surface area contributed by atoms with Crippen LogP contribution in [0.5, 0.6) is 51.7 Å². The monoisotopic (exact) mass is 1290 g/mol. The van der Waals surface area contributed by atoms with Crippen LogP contribution >= 0.6 is 0 Å². The SMILES string of the molecule is O=C(C=Cc1ccc(O)c(O)c1)O[C@H]1[C@H](O[C@H]2[C@H](Oc3cc4c(=O)cc(O[C@@H]5O[C@H](COC(=[OH+])C=Cc6ccc(O)c(O)c6)[C@@H](O)[C@H](O)[C@H]5O)cc-4oc3-c3cc(O)c(O)c(O[C@@H]4O[C@H](C(=O)O)[C@@H](O)[C@H](O)[C@H]4O)c3)O[C@H](CO)[C@H](O)[C@@H]2O)O[C@H](CO)[C@@H](O)[C@@H]1O. The van der Waals surface area contributed by atoms with E-state index in [1.165, 1.54) is 24.3 Å². The molecule has 3 aromatic carbocycles. The summed E-state index contributed by atoms with van der Waals surface area (Å²) >= 11 is 0. The van der Waals surface area contributed by atoms with Crippen LogP contribution in [0.25, 0.3) is 34.8 Å². The van der Waals surface area contributed by atoms with Gasteiger partial charge in [0.1, 0.15) is 84.8 Å². The Bertz CT molecular complexity index is 3520. The van der Waals surface area contributed by atoms with Crippen molar-refractivity contribution in [2.45, 2.75) is 123 Å². The lowest BCUT2D eigenvalue weighted by atomic mass is 9.97. The van der Waals surface area contributed by atoms with E-state index in [-0.39, 0.29) is 5.56 Å². The Hall–Kier alpha value is -8.50. The fraction of sp³-hybridized carbons (Fsp3) is 0.404. The number of aromatic hydroxyl groups is 6. The fourth-order valence-corrected chi connectivity index (χ4v) is 9.77. The molecule has 34 heteroatoms. The van der Waals surface area contributed by atoms with E-state index < -0.39 is 240 Å². The predicted molar refractivity (Wildman–Crippen MR) is 294 cm³/mol. The highest BCUT2D eigenvalue weighted by molar-refractivity contribution is 5.88. The molecule has 0 bridgehead atoms. The van der Waals surface area contributed by atoms with E-state index in [2.05, 4.69) is 0 Å². The van der Waals surface area contributed by atoms with Gasteiger partial charge in [-0.15, -0.1) is 0 Å². The number of ether oxygens (including phenoxy) is 10. The summed E-state index contributed by atoms with van der Waals surface area (Å²) < 4.78 is 63.1. The van der Waals surface area contributed by atoms with Gasteiger partial charge in [0, 0.05) is 23.8 Å². The Labute approximate surface area is 509 Å². The minimum Gasteiger partial charge on any atom is -0.504 e. The number of aliphatic carboxylic acids is 1. The highest BCUT2D eigenvalue weighted by atomic mass is 16.8. The molecule has 3 aromatic rings. The lowest BCUT2D eigenvalue weighted by Gasteiger charge is -2.46. The van der Waals surface area contributed by atoms with Crippen LogP contribution in [0.1, 0.15) is 11.1 Å². The lowest BCUT2D eigenvalue weighted by Crippen LogP contribution is -2.65. The molecule has 4 saturated heterocycles. The molecule has 0 aromatic heterocycles. The van der Waals surface area contributed by atoms with Gasteiger partial charge in [0.25, 0.3) is 0 Å². The second-order valence-electron chi connectivity index (χ2n) is 20.9. The minimum atomic E-state index is -2.26. The third kappa shape index (κ3) is 14.5. The van der Waals surface area contributed by atoms with Crippen molar-refractivity contribution in [2.75, 3.05) is 19.8 Å². The van der Waals surface area contributed by atoms with Gasteiger partial charge in [-0.2, -0.15) is 0 Å². The molecular weight excluding hydrogens is 1230 g/mol. The molecule has 9 rings (SSSR count). The van der Waals surface area contributed by atoms with E-state index in [4.69, 9.17) is 51.8 Å². The van der Waals surface area contributed by atoms with Crippen molar-refractivity contribution in [2.24, 2.45) is 0 Å². The number of hydrogen-bond acceptors (Lipinski definition) is 32. The van der Waals surface area contributed by atoms with Crippen LogP contribution in [0.15, 0.2) is 88.1 Å². The summed E-state index contributed by atoms with van der Waals surface area (Å²) in [6.45, 7) is -2.81. The number of aliphatic hydroxyl groups is 12. The number of phenolic OH excluding ortho intramolecular Hbond substituents is 6. The molecule has 5 heterocycles. The number of rotatable bonds is 19. The maximum atomic E-state index is 14.2. The number of carboxylic acids is 1. The maximum Gasteiger partial charge on any atom is 0.510 e. The van der Waals surface area contributed by atoms with Crippen LogP contribution in [-0.4, -0.2) is 262 Å². The fourth-order valence-electron chi connectivity index (χ4n) is 9.77. The second-order valence-corrected chi connectivity index (χ2v) is 20.9. The molecule has 0 amide bonds. The normalized spacial score (nSPS) is 31.9. The molecule has 4 fully saturated rings. The standard InChI is InChI=1S/C57H60O34/c58-16-33-40(70)45(75)52(91-57-51(44(74)39(69)34(17-59)87-57)89-37(67)8-4-20-2-6-25(61)28(64)10-20)56(86-33)85-32-15-23-26(62)13-22(82-54-47(77)42(72)41(71)35(88-54)18-81-36(66)7-3-19-1-5-24(60)27(63)9-19)14-30(23)83-49(32)21-11-29(65)38(68)31(12-21)84-55-48(78)43(73)46(76)50(90-55)53(79)80/h1-15,33-35,39-48,50-52,54-61,63-65,68-78H,16-18H2,(H,79,80)/p+1/t33-,34-,35-,39-,40+,41-,42+,43+,44+,45+,46+,47-,48-,50+,51-,52-,54-,55-,56-,57+/m1/s1. The van der Waals surface area contributed by atoms with Crippen LogP contribution in [0.2, 0.25) is 0 Å². The van der Waals surface area contributed by atoms with Crippen LogP contribution in [0.4, 0.5) is 0 Å². The Morgan fingerprint density at radius 2 is 1.08 bits per heavy atom. The van der Waals surface area contributed by atoms with Crippen molar-refractivity contribution in [1.82, 2.24) is 0 Å². The van der Waals surface area contributed by atoms with E-state index >= 15 is 0 Å². The van der Waals surface area contributed by atoms with E-state index in [0.29, 0.717) is 5.56 Å². The summed E-state index contributed by atoms with van der Waals surface area (Å²) in [5.41, 5.74) is -1.52.